The van der Waals surface area contributed by atoms with Crippen LogP contribution in [0, 0.1) is 13.8 Å². The summed E-state index contributed by atoms with van der Waals surface area (Å²) in [6.45, 7) is 3.99. The van der Waals surface area contributed by atoms with Gasteiger partial charge in [0.05, 0.1) is 5.56 Å². The second-order valence-electron chi connectivity index (χ2n) is 5.06. The van der Waals surface area contributed by atoms with Crippen molar-refractivity contribution in [3.63, 3.8) is 0 Å². The molecule has 0 saturated carbocycles. The molecule has 3 aromatic rings. The van der Waals surface area contributed by atoms with E-state index in [0.717, 1.165) is 16.7 Å². The van der Waals surface area contributed by atoms with Crippen LogP contribution in [0.15, 0.2) is 46.9 Å². The van der Waals surface area contributed by atoms with Crippen LogP contribution in [-0.2, 0) is 0 Å². The molecule has 0 atom stereocenters. The summed E-state index contributed by atoms with van der Waals surface area (Å²) in [6.07, 6.45) is 0. The Hall–Kier alpha value is -2.95. The largest absolute Gasteiger partial charge is 0.478 e. The highest BCUT2D eigenvalue weighted by Gasteiger charge is 2.14. The summed E-state index contributed by atoms with van der Waals surface area (Å²) in [5.41, 5.74) is 3.98. The first-order valence-corrected chi connectivity index (χ1v) is 6.80. The van der Waals surface area contributed by atoms with E-state index >= 15 is 0 Å². The van der Waals surface area contributed by atoms with Crippen molar-refractivity contribution in [1.29, 1.82) is 0 Å². The first kappa shape index (κ1) is 14.0. The van der Waals surface area contributed by atoms with Crippen molar-refractivity contribution >= 4 is 5.97 Å². The first-order valence-electron chi connectivity index (χ1n) is 6.80. The highest BCUT2D eigenvalue weighted by atomic mass is 16.4. The summed E-state index contributed by atoms with van der Waals surface area (Å²) in [7, 11) is 0. The van der Waals surface area contributed by atoms with E-state index in [0.29, 0.717) is 17.3 Å². The van der Waals surface area contributed by atoms with Gasteiger partial charge in [0.2, 0.25) is 11.8 Å². The monoisotopic (exact) mass is 294 g/mol. The summed E-state index contributed by atoms with van der Waals surface area (Å²) in [6, 6.07) is 12.3. The van der Waals surface area contributed by atoms with Crippen LogP contribution in [0.1, 0.15) is 21.5 Å². The molecule has 110 valence electrons. The zero-order chi connectivity index (χ0) is 15.7. The van der Waals surface area contributed by atoms with Crippen molar-refractivity contribution in [2.75, 3.05) is 0 Å². The van der Waals surface area contributed by atoms with Gasteiger partial charge in [-0.1, -0.05) is 18.2 Å². The van der Waals surface area contributed by atoms with Gasteiger partial charge in [-0.05, 0) is 49.2 Å². The maximum atomic E-state index is 10.9. The number of carbonyl (C=O) groups is 1. The lowest BCUT2D eigenvalue weighted by Crippen LogP contribution is -1.94. The van der Waals surface area contributed by atoms with Gasteiger partial charge in [0, 0.05) is 11.1 Å². The van der Waals surface area contributed by atoms with Crippen LogP contribution >= 0.6 is 0 Å². The fourth-order valence-corrected chi connectivity index (χ4v) is 2.35. The maximum Gasteiger partial charge on any atom is 0.335 e. The fourth-order valence-electron chi connectivity index (χ4n) is 2.35. The van der Waals surface area contributed by atoms with Gasteiger partial charge in [0.25, 0.3) is 0 Å². The third-order valence-electron chi connectivity index (χ3n) is 3.50. The number of carboxylic acids is 1. The number of rotatable bonds is 3. The highest BCUT2D eigenvalue weighted by molar-refractivity contribution is 5.88. The van der Waals surface area contributed by atoms with Crippen molar-refractivity contribution in [2.24, 2.45) is 0 Å². The van der Waals surface area contributed by atoms with E-state index in [9.17, 15) is 4.79 Å². The molecule has 0 spiro atoms. The average Bonchev–Trinajstić information content (AvgIpc) is 2.97. The lowest BCUT2D eigenvalue weighted by molar-refractivity contribution is 0.0697. The topological polar surface area (TPSA) is 76.2 Å². The van der Waals surface area contributed by atoms with Crippen LogP contribution in [-0.4, -0.2) is 21.3 Å². The van der Waals surface area contributed by atoms with E-state index < -0.39 is 5.97 Å². The van der Waals surface area contributed by atoms with Crippen molar-refractivity contribution < 1.29 is 14.3 Å². The quantitative estimate of drug-likeness (QED) is 0.796. The molecule has 0 aliphatic carbocycles. The molecule has 5 heteroatoms. The minimum Gasteiger partial charge on any atom is -0.478 e. The van der Waals surface area contributed by atoms with Crippen molar-refractivity contribution in [2.45, 2.75) is 13.8 Å². The zero-order valence-electron chi connectivity index (χ0n) is 12.2. The van der Waals surface area contributed by atoms with E-state index in [1.165, 1.54) is 12.1 Å². The van der Waals surface area contributed by atoms with E-state index in [-0.39, 0.29) is 5.56 Å². The molecule has 1 aromatic heterocycles. The number of benzene rings is 2. The Bertz CT molecular complexity index is 815. The van der Waals surface area contributed by atoms with Gasteiger partial charge in [-0.15, -0.1) is 10.2 Å². The molecular formula is C17H14N2O3. The number of aromatic nitrogens is 2. The highest BCUT2D eigenvalue weighted by Crippen LogP contribution is 2.28. The lowest BCUT2D eigenvalue weighted by Gasteiger charge is -2.04. The number of nitrogens with zero attached hydrogens (tertiary/aromatic N) is 2. The fraction of sp³-hybridized carbons (Fsp3) is 0.118. The van der Waals surface area contributed by atoms with E-state index in [4.69, 9.17) is 9.52 Å². The van der Waals surface area contributed by atoms with Crippen molar-refractivity contribution in [3.05, 3.63) is 59.2 Å². The van der Waals surface area contributed by atoms with Gasteiger partial charge in [0.15, 0.2) is 0 Å². The Labute approximate surface area is 127 Å². The van der Waals surface area contributed by atoms with Gasteiger partial charge in [-0.3, -0.25) is 0 Å². The number of hydrogen-bond acceptors (Lipinski definition) is 4. The summed E-state index contributed by atoms with van der Waals surface area (Å²) < 4.78 is 5.75. The minimum absolute atomic E-state index is 0.221. The normalized spacial score (nSPS) is 10.6. The molecule has 2 aromatic carbocycles. The molecule has 0 bridgehead atoms. The van der Waals surface area contributed by atoms with Crippen LogP contribution in [0.4, 0.5) is 0 Å². The molecule has 22 heavy (non-hydrogen) atoms. The molecular weight excluding hydrogens is 280 g/mol. The number of aromatic carboxylic acids is 1. The molecule has 1 heterocycles. The lowest BCUT2D eigenvalue weighted by atomic mass is 10.0. The molecule has 0 aliphatic rings. The Morgan fingerprint density at radius 2 is 1.55 bits per heavy atom. The summed E-state index contributed by atoms with van der Waals surface area (Å²) in [5, 5.41) is 17.1. The molecule has 0 aliphatic heterocycles. The molecule has 0 fully saturated rings. The molecule has 0 unspecified atom stereocenters. The van der Waals surface area contributed by atoms with Gasteiger partial charge in [0.1, 0.15) is 0 Å². The van der Waals surface area contributed by atoms with Gasteiger partial charge in [-0.25, -0.2) is 4.79 Å². The Morgan fingerprint density at radius 1 is 0.955 bits per heavy atom. The zero-order valence-corrected chi connectivity index (χ0v) is 12.2. The van der Waals surface area contributed by atoms with Crippen LogP contribution in [0.2, 0.25) is 0 Å². The van der Waals surface area contributed by atoms with E-state index in [1.54, 1.807) is 12.1 Å². The van der Waals surface area contributed by atoms with Gasteiger partial charge in [-0.2, -0.15) is 0 Å². The number of hydrogen-bond donors (Lipinski definition) is 1. The first-order chi connectivity index (χ1) is 10.6. The van der Waals surface area contributed by atoms with Crippen LogP contribution < -0.4 is 0 Å². The Balaban J connectivity index is 1.99. The standard InChI is InChI=1S/C17H14N2O3/c1-10-4-3-5-11(2)14(10)16-19-18-15(22-16)12-6-8-13(9-7-12)17(20)21/h3-9H,1-2H3,(H,20,21). The van der Waals surface area contributed by atoms with Crippen LogP contribution in [0.3, 0.4) is 0 Å². The second kappa shape index (κ2) is 5.44. The molecule has 1 N–H and O–H groups in total. The molecule has 0 radical (unpaired) electrons. The summed E-state index contributed by atoms with van der Waals surface area (Å²) in [5.74, 6) is -0.129. The van der Waals surface area contributed by atoms with Gasteiger partial charge < -0.3 is 9.52 Å². The van der Waals surface area contributed by atoms with Gasteiger partial charge >= 0.3 is 5.97 Å². The molecule has 3 rings (SSSR count). The average molecular weight is 294 g/mol. The van der Waals surface area contributed by atoms with E-state index in [1.807, 2.05) is 32.0 Å². The van der Waals surface area contributed by atoms with Crippen LogP contribution in [0.5, 0.6) is 0 Å². The maximum absolute atomic E-state index is 10.9. The van der Waals surface area contributed by atoms with Crippen molar-refractivity contribution in [3.8, 4) is 22.9 Å². The van der Waals surface area contributed by atoms with E-state index in [2.05, 4.69) is 10.2 Å². The molecule has 5 nitrogen and oxygen atoms in total. The number of carboxylic acid groups (broad SMARTS) is 1. The Morgan fingerprint density at radius 3 is 2.14 bits per heavy atom. The van der Waals surface area contributed by atoms with Crippen LogP contribution in [0.25, 0.3) is 22.9 Å². The Kier molecular flexibility index (Phi) is 3.47. The summed E-state index contributed by atoms with van der Waals surface area (Å²) >= 11 is 0. The third-order valence-corrected chi connectivity index (χ3v) is 3.50. The third kappa shape index (κ3) is 2.48. The van der Waals surface area contributed by atoms with Crippen molar-refractivity contribution in [1.82, 2.24) is 10.2 Å². The summed E-state index contributed by atoms with van der Waals surface area (Å²) in [4.78, 5) is 10.9. The second-order valence-corrected chi connectivity index (χ2v) is 5.06. The number of aryl methyl sites for hydroxylation is 2. The predicted octanol–water partition coefficient (Wildman–Crippen LogP) is 3.72. The minimum atomic E-state index is -0.965. The molecule has 0 saturated heterocycles. The predicted molar refractivity (Wildman–Crippen MR) is 81.6 cm³/mol. The smallest absolute Gasteiger partial charge is 0.335 e. The molecule has 0 amide bonds. The SMILES string of the molecule is Cc1cccc(C)c1-c1nnc(-c2ccc(C(=O)O)cc2)o1.